The number of carbonyl (C=O) groups excluding carboxylic acids is 1. The first kappa shape index (κ1) is 15.0. The SMILES string of the molecule is CCC(C(=O)NC1CCc2ccccc21)N(CC)CC. The van der Waals surface area contributed by atoms with Crippen LogP contribution in [0.3, 0.4) is 0 Å². The average Bonchev–Trinajstić information content (AvgIpc) is 2.87. The molecule has 0 aliphatic heterocycles. The lowest BCUT2D eigenvalue weighted by atomic mass is 10.1. The smallest absolute Gasteiger partial charge is 0.237 e. The minimum atomic E-state index is -0.00207. The second-order valence-electron chi connectivity index (χ2n) is 5.44. The highest BCUT2D eigenvalue weighted by Crippen LogP contribution is 2.30. The van der Waals surface area contributed by atoms with Crippen LogP contribution in [0.5, 0.6) is 0 Å². The fourth-order valence-electron chi connectivity index (χ4n) is 3.25. The molecule has 1 aromatic rings. The summed E-state index contributed by atoms with van der Waals surface area (Å²) in [5, 5.41) is 3.25. The zero-order chi connectivity index (χ0) is 14.5. The summed E-state index contributed by atoms with van der Waals surface area (Å²) in [5.74, 6) is 0.179. The molecule has 0 radical (unpaired) electrons. The molecule has 20 heavy (non-hydrogen) atoms. The van der Waals surface area contributed by atoms with Crippen LogP contribution >= 0.6 is 0 Å². The number of carbonyl (C=O) groups is 1. The van der Waals surface area contributed by atoms with Gasteiger partial charge in [-0.1, -0.05) is 45.0 Å². The number of amides is 1. The van der Waals surface area contributed by atoms with Gasteiger partial charge in [0.25, 0.3) is 0 Å². The number of benzene rings is 1. The summed E-state index contributed by atoms with van der Waals surface area (Å²) in [6.07, 6.45) is 2.96. The highest BCUT2D eigenvalue weighted by atomic mass is 16.2. The quantitative estimate of drug-likeness (QED) is 0.865. The van der Waals surface area contributed by atoms with Gasteiger partial charge in [0, 0.05) is 0 Å². The Morgan fingerprint density at radius 3 is 2.65 bits per heavy atom. The van der Waals surface area contributed by atoms with Gasteiger partial charge in [0.15, 0.2) is 0 Å². The topological polar surface area (TPSA) is 32.3 Å². The van der Waals surface area contributed by atoms with E-state index in [0.29, 0.717) is 0 Å². The third-order valence-corrected chi connectivity index (χ3v) is 4.39. The van der Waals surface area contributed by atoms with Gasteiger partial charge in [-0.15, -0.1) is 0 Å². The first-order valence-electron chi connectivity index (χ1n) is 7.83. The van der Waals surface area contributed by atoms with Gasteiger partial charge in [-0.2, -0.15) is 0 Å². The molecule has 2 atom stereocenters. The molecule has 2 rings (SSSR count). The molecule has 0 heterocycles. The number of rotatable bonds is 6. The number of fused-ring (bicyclic) bond motifs is 1. The summed E-state index contributed by atoms with van der Waals surface area (Å²) < 4.78 is 0. The molecule has 1 amide bonds. The van der Waals surface area contributed by atoms with Crippen molar-refractivity contribution in [2.24, 2.45) is 0 Å². The van der Waals surface area contributed by atoms with Crippen molar-refractivity contribution in [1.29, 1.82) is 0 Å². The van der Waals surface area contributed by atoms with Crippen LogP contribution in [-0.2, 0) is 11.2 Å². The second-order valence-corrected chi connectivity index (χ2v) is 5.44. The van der Waals surface area contributed by atoms with E-state index in [1.807, 2.05) is 0 Å². The Labute approximate surface area is 122 Å². The molecule has 0 aromatic heterocycles. The fourth-order valence-corrected chi connectivity index (χ4v) is 3.25. The molecular weight excluding hydrogens is 248 g/mol. The van der Waals surface area contributed by atoms with Crippen LogP contribution in [0.1, 0.15) is 50.8 Å². The van der Waals surface area contributed by atoms with E-state index in [9.17, 15) is 4.79 Å². The first-order valence-corrected chi connectivity index (χ1v) is 7.83. The summed E-state index contributed by atoms with van der Waals surface area (Å²) in [5.41, 5.74) is 2.68. The Hall–Kier alpha value is -1.35. The molecular formula is C17H26N2O. The number of aryl methyl sites for hydroxylation is 1. The van der Waals surface area contributed by atoms with Crippen LogP contribution in [0.2, 0.25) is 0 Å². The van der Waals surface area contributed by atoms with Crippen LogP contribution in [0.4, 0.5) is 0 Å². The summed E-state index contributed by atoms with van der Waals surface area (Å²) in [7, 11) is 0. The maximum absolute atomic E-state index is 12.5. The molecule has 1 aromatic carbocycles. The highest BCUT2D eigenvalue weighted by Gasteiger charge is 2.28. The van der Waals surface area contributed by atoms with Crippen molar-refractivity contribution in [2.45, 2.75) is 52.1 Å². The number of hydrogen-bond donors (Lipinski definition) is 1. The van der Waals surface area contributed by atoms with Gasteiger partial charge in [0.2, 0.25) is 5.91 Å². The predicted molar refractivity (Wildman–Crippen MR) is 82.6 cm³/mol. The lowest BCUT2D eigenvalue weighted by molar-refractivity contribution is -0.127. The monoisotopic (exact) mass is 274 g/mol. The van der Waals surface area contributed by atoms with Crippen LogP contribution in [0.25, 0.3) is 0 Å². The van der Waals surface area contributed by atoms with Crippen LogP contribution in [0.15, 0.2) is 24.3 Å². The molecule has 2 unspecified atom stereocenters. The molecule has 0 saturated heterocycles. The lowest BCUT2D eigenvalue weighted by Crippen LogP contribution is -2.47. The van der Waals surface area contributed by atoms with E-state index >= 15 is 0 Å². The Balaban J connectivity index is 2.05. The zero-order valence-electron chi connectivity index (χ0n) is 12.9. The maximum Gasteiger partial charge on any atom is 0.237 e. The Morgan fingerprint density at radius 1 is 1.30 bits per heavy atom. The molecule has 110 valence electrons. The van der Waals surface area contributed by atoms with E-state index in [0.717, 1.165) is 32.4 Å². The molecule has 1 aliphatic carbocycles. The number of nitrogens with one attached hydrogen (secondary N) is 1. The van der Waals surface area contributed by atoms with E-state index in [-0.39, 0.29) is 18.0 Å². The molecule has 1 N–H and O–H groups in total. The third kappa shape index (κ3) is 3.04. The minimum absolute atomic E-state index is 0.00207. The number of likely N-dealkylation sites (N-methyl/N-ethyl adjacent to an activating group) is 1. The Morgan fingerprint density at radius 2 is 2.00 bits per heavy atom. The molecule has 1 aliphatic rings. The largest absolute Gasteiger partial charge is 0.348 e. The highest BCUT2D eigenvalue weighted by molar-refractivity contribution is 5.82. The van der Waals surface area contributed by atoms with Crippen molar-refractivity contribution in [3.63, 3.8) is 0 Å². The van der Waals surface area contributed by atoms with Gasteiger partial charge in [-0.25, -0.2) is 0 Å². The Bertz CT molecular complexity index is 454. The van der Waals surface area contributed by atoms with Crippen molar-refractivity contribution in [1.82, 2.24) is 10.2 Å². The summed E-state index contributed by atoms with van der Waals surface area (Å²) in [6.45, 7) is 8.16. The van der Waals surface area contributed by atoms with Gasteiger partial charge in [-0.05, 0) is 43.5 Å². The molecule has 0 saturated carbocycles. The standard InChI is InChI=1S/C17H26N2O/c1-4-16(19(5-2)6-3)17(20)18-15-12-11-13-9-7-8-10-14(13)15/h7-10,15-16H,4-6,11-12H2,1-3H3,(H,18,20). The zero-order valence-corrected chi connectivity index (χ0v) is 12.9. The van der Waals surface area contributed by atoms with Gasteiger partial charge in [0.1, 0.15) is 0 Å². The van der Waals surface area contributed by atoms with Crippen molar-refractivity contribution in [2.75, 3.05) is 13.1 Å². The van der Waals surface area contributed by atoms with Crippen molar-refractivity contribution in [3.8, 4) is 0 Å². The lowest BCUT2D eigenvalue weighted by Gasteiger charge is -2.29. The molecule has 0 bridgehead atoms. The molecule has 0 fully saturated rings. The summed E-state index contributed by atoms with van der Waals surface area (Å²) in [6, 6.07) is 8.65. The number of nitrogens with zero attached hydrogens (tertiary/aromatic N) is 1. The van der Waals surface area contributed by atoms with E-state index < -0.39 is 0 Å². The molecule has 3 nitrogen and oxygen atoms in total. The minimum Gasteiger partial charge on any atom is -0.348 e. The fraction of sp³-hybridized carbons (Fsp3) is 0.588. The van der Waals surface area contributed by atoms with E-state index in [4.69, 9.17) is 0 Å². The van der Waals surface area contributed by atoms with E-state index in [1.165, 1.54) is 11.1 Å². The van der Waals surface area contributed by atoms with Gasteiger partial charge in [-0.3, -0.25) is 9.69 Å². The van der Waals surface area contributed by atoms with Gasteiger partial charge >= 0.3 is 0 Å². The van der Waals surface area contributed by atoms with Crippen LogP contribution < -0.4 is 5.32 Å². The van der Waals surface area contributed by atoms with Crippen molar-refractivity contribution >= 4 is 5.91 Å². The van der Waals surface area contributed by atoms with E-state index in [2.05, 4.69) is 55.3 Å². The van der Waals surface area contributed by atoms with Crippen LogP contribution in [0, 0.1) is 0 Å². The van der Waals surface area contributed by atoms with Crippen molar-refractivity contribution in [3.05, 3.63) is 35.4 Å². The average molecular weight is 274 g/mol. The van der Waals surface area contributed by atoms with Gasteiger partial charge in [0.05, 0.1) is 12.1 Å². The third-order valence-electron chi connectivity index (χ3n) is 4.39. The maximum atomic E-state index is 12.5. The van der Waals surface area contributed by atoms with E-state index in [1.54, 1.807) is 0 Å². The number of hydrogen-bond acceptors (Lipinski definition) is 2. The molecule has 0 spiro atoms. The normalized spacial score (nSPS) is 18.9. The second kappa shape index (κ2) is 6.89. The summed E-state index contributed by atoms with van der Waals surface area (Å²) >= 11 is 0. The Kier molecular flexibility index (Phi) is 5.18. The first-order chi connectivity index (χ1) is 9.71. The molecule has 3 heteroatoms. The predicted octanol–water partition coefficient (Wildman–Crippen LogP) is 2.91. The van der Waals surface area contributed by atoms with Crippen LogP contribution in [-0.4, -0.2) is 29.9 Å². The van der Waals surface area contributed by atoms with Crippen molar-refractivity contribution < 1.29 is 4.79 Å². The summed E-state index contributed by atoms with van der Waals surface area (Å²) in [4.78, 5) is 14.8. The van der Waals surface area contributed by atoms with Gasteiger partial charge < -0.3 is 5.32 Å².